The molecule has 3 unspecified atom stereocenters. The molecule has 0 spiro atoms. The van der Waals surface area contributed by atoms with Crippen molar-refractivity contribution >= 4 is 56.4 Å². The maximum absolute atomic E-state index is 14.2. The summed E-state index contributed by atoms with van der Waals surface area (Å²) in [7, 11) is 1.68. The fourth-order valence-electron chi connectivity index (χ4n) is 8.50. The quantitative estimate of drug-likeness (QED) is 0.156. The van der Waals surface area contributed by atoms with E-state index in [9.17, 15) is 14.0 Å². The summed E-state index contributed by atoms with van der Waals surface area (Å²) in [5, 5.41) is 9.04. The number of aromatic nitrogens is 1. The molecule has 9 rings (SSSR count). The van der Waals surface area contributed by atoms with Gasteiger partial charge < -0.3 is 25.0 Å². The van der Waals surface area contributed by atoms with E-state index in [0.717, 1.165) is 74.6 Å². The van der Waals surface area contributed by atoms with Crippen molar-refractivity contribution < 1.29 is 23.5 Å². The first-order valence-electron chi connectivity index (χ1n) is 17.4. The van der Waals surface area contributed by atoms with Gasteiger partial charge in [-0.15, -0.1) is 11.3 Å². The highest BCUT2D eigenvalue weighted by Gasteiger charge is 2.49. The molecule has 1 aliphatic carbocycles. The van der Waals surface area contributed by atoms with Crippen LogP contribution in [0.4, 0.5) is 15.0 Å². The number of halogens is 2. The Morgan fingerprint density at radius 3 is 2.80 bits per heavy atom. The second-order valence-electron chi connectivity index (χ2n) is 13.7. The van der Waals surface area contributed by atoms with Crippen molar-refractivity contribution in [3.05, 3.63) is 104 Å². The highest BCUT2D eigenvalue weighted by atomic mass is 35.5. The van der Waals surface area contributed by atoms with E-state index in [0.29, 0.717) is 36.5 Å². The first-order valence-corrected chi connectivity index (χ1v) is 18.6. The molecule has 0 saturated carbocycles. The number of carbonyl (C=O) groups is 2. The number of rotatable bonds is 9. The van der Waals surface area contributed by atoms with Crippen LogP contribution in [0.2, 0.25) is 5.02 Å². The topological polar surface area (TPSA) is 117 Å². The van der Waals surface area contributed by atoms with Gasteiger partial charge in [-0.25, -0.2) is 14.2 Å². The van der Waals surface area contributed by atoms with Crippen LogP contribution in [-0.2, 0) is 22.4 Å². The maximum Gasteiger partial charge on any atom is 0.423 e. The largest absolute Gasteiger partial charge is 0.496 e. The molecule has 0 bridgehead atoms. The van der Waals surface area contributed by atoms with Crippen molar-refractivity contribution in [3.63, 3.8) is 0 Å². The first kappa shape index (κ1) is 32.3. The smallest absolute Gasteiger partial charge is 0.423 e. The van der Waals surface area contributed by atoms with E-state index in [1.807, 2.05) is 23.1 Å². The van der Waals surface area contributed by atoms with E-state index in [4.69, 9.17) is 26.1 Å². The number of benzene rings is 2. The van der Waals surface area contributed by atoms with Gasteiger partial charge in [0.15, 0.2) is 6.23 Å². The van der Waals surface area contributed by atoms with Crippen molar-refractivity contribution in [2.75, 3.05) is 25.5 Å². The van der Waals surface area contributed by atoms with Gasteiger partial charge in [0, 0.05) is 51.9 Å². The van der Waals surface area contributed by atoms with Crippen LogP contribution in [0.15, 0.2) is 71.6 Å². The Hall–Kier alpha value is -4.65. The Morgan fingerprint density at radius 1 is 1.14 bits per heavy atom. The lowest BCUT2D eigenvalue weighted by atomic mass is 9.84. The molecular formula is C38H36ClFN6O4S. The molecule has 5 aliphatic rings. The van der Waals surface area contributed by atoms with E-state index in [2.05, 4.69) is 27.6 Å². The predicted molar refractivity (Wildman–Crippen MR) is 194 cm³/mol. The van der Waals surface area contributed by atoms with Crippen molar-refractivity contribution in [3.8, 4) is 5.75 Å². The molecule has 0 radical (unpaired) electrons. The number of hydrogen-bond acceptors (Lipinski definition) is 9. The Kier molecular flexibility index (Phi) is 8.12. The minimum atomic E-state index is -0.803. The van der Waals surface area contributed by atoms with Crippen molar-refractivity contribution in [2.24, 2.45) is 0 Å². The molecule has 2 aromatic heterocycles. The van der Waals surface area contributed by atoms with Crippen LogP contribution in [0.5, 0.6) is 5.75 Å². The molecule has 2 saturated heterocycles. The fourth-order valence-corrected chi connectivity index (χ4v) is 9.91. The zero-order chi connectivity index (χ0) is 34.8. The molecular weight excluding hydrogens is 691 g/mol. The number of thiophene rings is 1. The molecule has 2 aromatic carbocycles. The Labute approximate surface area is 303 Å². The molecule has 51 heavy (non-hydrogen) atoms. The highest BCUT2D eigenvalue weighted by molar-refractivity contribution is 7.20. The van der Waals surface area contributed by atoms with Gasteiger partial charge in [-0.3, -0.25) is 10.2 Å². The standard InChI is InChI=1S/C38H36ClFN6O4S/c1-49-28-17-22(39)16-25-21(7-10-24(25)28)18-42-35-34-20(12-13-41-35)15-29(51-34)31-30(36-44-45-38(48)50-36)26(11-6-19-4-8-23(40)9-5-19)43-33-27-3-2-14-46(27)37(47)32(31)33/h4-5,8-9,12-13,15-17,21,26-27,36,43-44H,2-3,6-7,10-11,14,18H2,1H3,(H,41,42)(H,45,48)/t21?,26?,27-,36?/m0/s1. The van der Waals surface area contributed by atoms with Crippen LogP contribution in [-0.4, -0.2) is 60.4 Å². The summed E-state index contributed by atoms with van der Waals surface area (Å²) in [6, 6.07) is 14.3. The fraction of sp³-hybridized carbons (Fsp3) is 0.342. The molecule has 4 aliphatic heterocycles. The third-order valence-electron chi connectivity index (χ3n) is 10.8. The van der Waals surface area contributed by atoms with Crippen molar-refractivity contribution in [2.45, 2.75) is 62.8 Å². The number of dihydropyridines is 1. The molecule has 4 aromatic rings. The summed E-state index contributed by atoms with van der Waals surface area (Å²) in [5.41, 5.74) is 12.2. The van der Waals surface area contributed by atoms with Crippen LogP contribution < -0.4 is 26.2 Å². The lowest BCUT2D eigenvalue weighted by molar-refractivity contribution is -0.125. The Balaban J connectivity index is 1.11. The van der Waals surface area contributed by atoms with Gasteiger partial charge in [0.05, 0.1) is 29.5 Å². The number of hydrogen-bond donors (Lipinski definition) is 4. The summed E-state index contributed by atoms with van der Waals surface area (Å²) >= 11 is 8.04. The summed E-state index contributed by atoms with van der Waals surface area (Å²) in [6.45, 7) is 1.38. The van der Waals surface area contributed by atoms with E-state index in [-0.39, 0.29) is 29.7 Å². The predicted octanol–water partition coefficient (Wildman–Crippen LogP) is 6.43. The number of fused-ring (bicyclic) bond motifs is 4. The van der Waals surface area contributed by atoms with E-state index >= 15 is 0 Å². The number of hydrazine groups is 1. The Morgan fingerprint density at radius 2 is 2.00 bits per heavy atom. The van der Waals surface area contributed by atoms with Crippen LogP contribution in [0, 0.1) is 5.82 Å². The van der Waals surface area contributed by atoms with E-state index in [1.165, 1.54) is 23.3 Å². The summed E-state index contributed by atoms with van der Waals surface area (Å²) < 4.78 is 26.1. The minimum Gasteiger partial charge on any atom is -0.496 e. The molecule has 2 amide bonds. The summed E-state index contributed by atoms with van der Waals surface area (Å²) in [4.78, 5) is 34.3. The summed E-state index contributed by atoms with van der Waals surface area (Å²) in [6.07, 6.45) is 5.44. The molecule has 2 fully saturated rings. The number of cyclic esters (lactones) is 1. The normalized spacial score (nSPS) is 23.7. The van der Waals surface area contributed by atoms with Gasteiger partial charge in [-0.05, 0) is 97.0 Å². The number of anilines is 1. The average molecular weight is 727 g/mol. The molecule has 4 atom stereocenters. The highest BCUT2D eigenvalue weighted by Crippen LogP contribution is 2.48. The van der Waals surface area contributed by atoms with Crippen LogP contribution in [0.25, 0.3) is 15.7 Å². The van der Waals surface area contributed by atoms with Crippen LogP contribution in [0.3, 0.4) is 0 Å². The van der Waals surface area contributed by atoms with Crippen LogP contribution in [0.1, 0.15) is 53.2 Å². The van der Waals surface area contributed by atoms with Crippen LogP contribution >= 0.6 is 22.9 Å². The SMILES string of the molecule is COc1cc(Cl)cc2c1CCC2CNc1nccc2cc(C3=C(C4NNC(=O)O4)C(CCc4ccc(F)cc4)NC4=C3C(=O)N3CCC[C@@H]43)sc12. The first-order chi connectivity index (χ1) is 24.9. The molecule has 13 heteroatoms. The lowest BCUT2D eigenvalue weighted by Crippen LogP contribution is -2.45. The maximum atomic E-state index is 14.2. The molecule has 10 nitrogen and oxygen atoms in total. The number of aryl methyl sites for hydroxylation is 1. The van der Waals surface area contributed by atoms with Crippen molar-refractivity contribution in [1.82, 2.24) is 26.1 Å². The summed E-state index contributed by atoms with van der Waals surface area (Å²) in [5.74, 6) is 1.56. The second kappa shape index (κ2) is 12.8. The Bertz CT molecular complexity index is 2150. The van der Waals surface area contributed by atoms with Gasteiger partial charge >= 0.3 is 6.09 Å². The number of methoxy groups -OCH3 is 1. The van der Waals surface area contributed by atoms with Crippen molar-refractivity contribution in [1.29, 1.82) is 0 Å². The second-order valence-corrected chi connectivity index (χ2v) is 15.2. The number of nitrogens with zero attached hydrogens (tertiary/aromatic N) is 2. The molecule has 6 heterocycles. The minimum absolute atomic E-state index is 0.00955. The number of carbonyl (C=O) groups excluding carboxylic acids is 2. The number of nitrogens with one attached hydrogen (secondary N) is 4. The van der Waals surface area contributed by atoms with Gasteiger partial charge in [0.25, 0.3) is 5.91 Å². The van der Waals surface area contributed by atoms with Gasteiger partial charge in [0.1, 0.15) is 17.4 Å². The molecule has 4 N–H and O–H groups in total. The van der Waals surface area contributed by atoms with Gasteiger partial charge in [-0.1, -0.05) is 23.7 Å². The number of pyridine rings is 1. The zero-order valence-corrected chi connectivity index (χ0v) is 29.4. The third-order valence-corrected chi connectivity index (χ3v) is 12.2. The third kappa shape index (κ3) is 5.60. The number of amides is 2. The zero-order valence-electron chi connectivity index (χ0n) is 27.9. The van der Waals surface area contributed by atoms with Gasteiger partial charge in [-0.2, -0.15) is 5.43 Å². The average Bonchev–Trinajstić information content (AvgIpc) is 3.97. The lowest BCUT2D eigenvalue weighted by Gasteiger charge is -2.34. The van der Waals surface area contributed by atoms with E-state index in [1.54, 1.807) is 36.8 Å². The molecule has 262 valence electrons. The monoisotopic (exact) mass is 726 g/mol. The number of ether oxygens (including phenoxy) is 2. The van der Waals surface area contributed by atoms with E-state index < -0.39 is 12.3 Å². The van der Waals surface area contributed by atoms with Gasteiger partial charge in [0.2, 0.25) is 0 Å².